The van der Waals surface area contributed by atoms with Crippen LogP contribution >= 0.6 is 11.8 Å². The van der Waals surface area contributed by atoms with E-state index in [-0.39, 0.29) is 39.2 Å². The number of aliphatic carboxylic acids is 1. The number of amides is 1. The van der Waals surface area contributed by atoms with E-state index >= 15 is 0 Å². The molecule has 0 saturated carbocycles. The maximum atomic E-state index is 13.3. The average molecular weight is 583 g/mol. The Morgan fingerprint density at radius 3 is 2.55 bits per heavy atom. The number of nitro benzene ring substituents is 1. The van der Waals surface area contributed by atoms with E-state index in [1.807, 2.05) is 43.5 Å². The van der Waals surface area contributed by atoms with Gasteiger partial charge in [-0.3, -0.25) is 14.9 Å². The van der Waals surface area contributed by atoms with E-state index in [0.29, 0.717) is 40.4 Å². The van der Waals surface area contributed by atoms with E-state index in [4.69, 9.17) is 9.15 Å². The van der Waals surface area contributed by atoms with Crippen molar-refractivity contribution in [3.63, 3.8) is 0 Å². The van der Waals surface area contributed by atoms with Crippen LogP contribution in [0.1, 0.15) is 35.1 Å². The summed E-state index contributed by atoms with van der Waals surface area (Å²) < 4.78 is 11.7. The summed E-state index contributed by atoms with van der Waals surface area (Å²) in [4.78, 5) is 35.6. The average Bonchev–Trinajstić information content (AvgIpc) is 3.44. The molecule has 9 nitrogen and oxygen atoms in total. The van der Waals surface area contributed by atoms with Crippen LogP contribution in [0.2, 0.25) is 0 Å². The Kier molecular flexibility index (Phi) is 12.0. The molecule has 0 radical (unpaired) electrons. The van der Waals surface area contributed by atoms with Crippen molar-refractivity contribution in [1.29, 1.82) is 0 Å². The van der Waals surface area contributed by atoms with E-state index in [1.165, 1.54) is 23.9 Å². The minimum Gasteiger partial charge on any atom is -1.00 e. The number of carbonyl (C=O) groups excluding carboxylic acids is 1. The Morgan fingerprint density at radius 1 is 1.05 bits per heavy atom. The Morgan fingerprint density at radius 2 is 1.83 bits per heavy atom. The second-order valence-corrected chi connectivity index (χ2v) is 10.4. The number of furan rings is 1. The van der Waals surface area contributed by atoms with Crippen molar-refractivity contribution in [2.24, 2.45) is 0 Å². The summed E-state index contributed by atoms with van der Waals surface area (Å²) in [6, 6.07) is 21.8. The summed E-state index contributed by atoms with van der Waals surface area (Å²) in [5, 5.41) is 23.3. The number of carbonyl (C=O) groups is 2. The van der Waals surface area contributed by atoms with Crippen LogP contribution in [-0.4, -0.2) is 40.0 Å². The number of thioether (sulfide) groups is 1. The molecule has 0 aliphatic rings. The van der Waals surface area contributed by atoms with Crippen molar-refractivity contribution >= 4 is 29.3 Å². The number of nitrogens with one attached hydrogen (secondary N) is 1. The van der Waals surface area contributed by atoms with Gasteiger partial charge in [0.05, 0.1) is 11.5 Å². The molecule has 3 aromatic carbocycles. The summed E-state index contributed by atoms with van der Waals surface area (Å²) in [6.45, 7) is 2.36. The van der Waals surface area contributed by atoms with Gasteiger partial charge >= 0.3 is 24.8 Å². The Labute approximate surface area is 261 Å². The number of nitrogens with zero attached hydrogens (tertiary/aromatic N) is 1. The van der Waals surface area contributed by atoms with Crippen LogP contribution in [0.3, 0.4) is 0 Å². The van der Waals surface area contributed by atoms with Gasteiger partial charge in [-0.2, -0.15) is 11.8 Å². The molecule has 0 saturated heterocycles. The molecule has 214 valence electrons. The zero-order chi connectivity index (χ0) is 29.4. The third kappa shape index (κ3) is 8.36. The molecule has 0 bridgehead atoms. The zero-order valence-corrected chi connectivity index (χ0v) is 24.5. The molecule has 0 aliphatic heterocycles. The van der Waals surface area contributed by atoms with Crippen molar-refractivity contribution in [3.8, 4) is 22.5 Å². The molecule has 42 heavy (non-hydrogen) atoms. The molecule has 1 atom stereocenters. The number of non-ortho nitro benzene ring substituents is 1. The molecule has 4 aromatic rings. The summed E-state index contributed by atoms with van der Waals surface area (Å²) in [6.07, 6.45) is 2.21. The number of carboxylic acids is 1. The maximum absolute atomic E-state index is 13.3. The number of nitro groups is 1. The molecule has 1 heterocycles. The van der Waals surface area contributed by atoms with Gasteiger partial charge in [-0.1, -0.05) is 42.5 Å². The second-order valence-electron chi connectivity index (χ2n) is 9.41. The largest absolute Gasteiger partial charge is 1.00 e. The summed E-state index contributed by atoms with van der Waals surface area (Å²) in [7, 11) is 0. The molecular weight excluding hydrogens is 551 g/mol. The van der Waals surface area contributed by atoms with Gasteiger partial charge in [0, 0.05) is 23.3 Å². The first-order chi connectivity index (χ1) is 19.8. The van der Waals surface area contributed by atoms with E-state index < -0.39 is 22.8 Å². The van der Waals surface area contributed by atoms with Gasteiger partial charge in [0.1, 0.15) is 24.2 Å². The van der Waals surface area contributed by atoms with Crippen LogP contribution < -0.4 is 24.2 Å². The topological polar surface area (TPSA) is 132 Å². The first-order valence-electron chi connectivity index (χ1n) is 12.9. The van der Waals surface area contributed by atoms with Crippen molar-refractivity contribution in [2.75, 3.05) is 12.0 Å². The van der Waals surface area contributed by atoms with Crippen molar-refractivity contribution in [2.45, 2.75) is 32.6 Å². The Balaban J connectivity index is 0.00000323. The molecule has 11 heteroatoms. The molecular formula is C31H31LiN2O7S. The van der Waals surface area contributed by atoms with Crippen molar-refractivity contribution in [3.05, 3.63) is 111 Å². The van der Waals surface area contributed by atoms with Crippen molar-refractivity contribution in [1.82, 2.24) is 5.32 Å². The monoisotopic (exact) mass is 582 g/mol. The van der Waals surface area contributed by atoms with E-state index in [1.54, 1.807) is 36.4 Å². The Bertz CT molecular complexity index is 1560. The number of benzene rings is 3. The number of hydrogen-bond donors (Lipinski definition) is 2. The van der Waals surface area contributed by atoms with Crippen LogP contribution in [0.15, 0.2) is 83.3 Å². The molecule has 1 aromatic heterocycles. The second kappa shape index (κ2) is 15.4. The minimum atomic E-state index is -1.07. The number of aryl methyl sites for hydroxylation is 1. The summed E-state index contributed by atoms with van der Waals surface area (Å²) >= 11 is 1.52. The predicted octanol–water partition coefficient (Wildman–Crippen LogP) is 3.60. The minimum absolute atomic E-state index is 0. The molecule has 0 spiro atoms. The van der Waals surface area contributed by atoms with Crippen LogP contribution in [0.25, 0.3) is 22.5 Å². The quantitative estimate of drug-likeness (QED) is 0.139. The number of hydrogen-bond acceptors (Lipinski definition) is 7. The van der Waals surface area contributed by atoms with Gasteiger partial charge < -0.3 is 21.0 Å². The predicted molar refractivity (Wildman–Crippen MR) is 159 cm³/mol. The van der Waals surface area contributed by atoms with Crippen LogP contribution in [0, 0.1) is 17.0 Å². The zero-order valence-electron chi connectivity index (χ0n) is 24.7. The Hall–Kier alpha value is -3.81. The van der Waals surface area contributed by atoms with Gasteiger partial charge in [-0.25, -0.2) is 4.79 Å². The van der Waals surface area contributed by atoms with Gasteiger partial charge in [0.25, 0.3) is 11.6 Å². The summed E-state index contributed by atoms with van der Waals surface area (Å²) in [5.41, 5.74) is 4.30. The molecule has 0 fully saturated rings. The van der Waals surface area contributed by atoms with Crippen LogP contribution in [0.5, 0.6) is 0 Å². The third-order valence-electron chi connectivity index (χ3n) is 6.49. The smallest absolute Gasteiger partial charge is 1.00 e. The summed E-state index contributed by atoms with van der Waals surface area (Å²) in [5.74, 6) is 0.156. The number of carboxylic acid groups (broad SMARTS) is 1. The van der Waals surface area contributed by atoms with E-state index in [9.17, 15) is 24.8 Å². The van der Waals surface area contributed by atoms with Crippen LogP contribution in [0.4, 0.5) is 5.69 Å². The maximum Gasteiger partial charge on any atom is 1.00 e. The van der Waals surface area contributed by atoms with E-state index in [2.05, 4.69) is 5.32 Å². The fourth-order valence-corrected chi connectivity index (χ4v) is 4.83. The third-order valence-corrected chi connectivity index (χ3v) is 7.14. The van der Waals surface area contributed by atoms with E-state index in [0.717, 1.165) is 16.7 Å². The fraction of sp³-hybridized carbons (Fsp3) is 0.226. The van der Waals surface area contributed by atoms with Gasteiger partial charge in [0.2, 0.25) is 0 Å². The van der Waals surface area contributed by atoms with Crippen LogP contribution in [-0.2, 0) is 22.7 Å². The normalized spacial score (nSPS) is 11.4. The number of rotatable bonds is 13. The van der Waals surface area contributed by atoms with Gasteiger partial charge in [0.15, 0.2) is 0 Å². The fourth-order valence-electron chi connectivity index (χ4n) is 4.36. The molecule has 0 aliphatic carbocycles. The molecule has 2 N–H and O–H groups in total. The molecule has 4 rings (SSSR count). The first kappa shape index (κ1) is 32.7. The standard InChI is InChI=1S/C31H30N2O7S.Li.H/c1-20-6-3-4-9-25(20)27-16-21(10-12-26(27)30(34)32-28(31(35)36)14-15-41-2)18-39-19-24-11-13-29(40-24)22-7-5-8-23(17-22)33(37)38;;/h3-13,16-17,28H,14-15,18-19H2,1-2H3,(H,32,34)(H,35,36);;/q;+1;-1/t28-;;/m0../s1. The van der Waals surface area contributed by atoms with Gasteiger partial charge in [-0.05, 0) is 71.9 Å². The first-order valence-corrected chi connectivity index (χ1v) is 14.3. The van der Waals surface area contributed by atoms with Crippen molar-refractivity contribution < 1.29 is 49.1 Å². The molecule has 0 unspecified atom stereocenters. The SMILES string of the molecule is CSCC[C@H](NC(=O)c1ccc(COCc2ccc(-c3cccc([N+](=O)[O-])c3)o2)cc1-c1ccccc1C)C(=O)O.[H-].[Li+]. The number of ether oxygens (including phenoxy) is 1. The van der Waals surface area contributed by atoms with Gasteiger partial charge in [-0.15, -0.1) is 0 Å². The molecule has 1 amide bonds.